The van der Waals surface area contributed by atoms with Crippen LogP contribution in [-0.2, 0) is 6.42 Å². The fourth-order valence-electron chi connectivity index (χ4n) is 3.00. The van der Waals surface area contributed by atoms with Gasteiger partial charge in [0.1, 0.15) is 0 Å². The zero-order valence-corrected chi connectivity index (χ0v) is 18.4. The van der Waals surface area contributed by atoms with Gasteiger partial charge in [0.15, 0.2) is 5.96 Å². The molecule has 9 heteroatoms. The van der Waals surface area contributed by atoms with E-state index in [0.717, 1.165) is 25.9 Å². The first-order chi connectivity index (χ1) is 12.4. The number of rotatable bonds is 7. The molecule has 1 unspecified atom stereocenters. The summed E-state index contributed by atoms with van der Waals surface area (Å²) >= 11 is 5.88. The molecule has 1 aromatic carbocycles. The van der Waals surface area contributed by atoms with Gasteiger partial charge in [0.05, 0.1) is 6.54 Å². The van der Waals surface area contributed by atoms with Crippen molar-refractivity contribution in [3.63, 3.8) is 0 Å². The fourth-order valence-corrected chi connectivity index (χ4v) is 3.12. The van der Waals surface area contributed by atoms with Crippen LogP contribution in [0.3, 0.4) is 0 Å². The molecule has 4 nitrogen and oxygen atoms in total. The Kier molecular flexibility index (Phi) is 10.8. The van der Waals surface area contributed by atoms with Crippen molar-refractivity contribution in [3.8, 4) is 0 Å². The van der Waals surface area contributed by atoms with Crippen molar-refractivity contribution in [2.24, 2.45) is 10.9 Å². The van der Waals surface area contributed by atoms with Crippen LogP contribution in [0.4, 0.5) is 13.2 Å². The second kappa shape index (κ2) is 12.0. The van der Waals surface area contributed by atoms with Crippen LogP contribution in [0.25, 0.3) is 0 Å². The Morgan fingerprint density at radius 3 is 2.59 bits per heavy atom. The zero-order valence-electron chi connectivity index (χ0n) is 15.4. The van der Waals surface area contributed by atoms with Gasteiger partial charge in [0.25, 0.3) is 0 Å². The van der Waals surface area contributed by atoms with E-state index >= 15 is 0 Å². The van der Waals surface area contributed by atoms with Crippen molar-refractivity contribution in [1.82, 2.24) is 15.5 Å². The van der Waals surface area contributed by atoms with Crippen LogP contribution in [0, 0.1) is 5.92 Å². The molecule has 1 heterocycles. The minimum absolute atomic E-state index is 0. The lowest BCUT2D eigenvalue weighted by Crippen LogP contribution is -2.38. The minimum Gasteiger partial charge on any atom is -0.357 e. The monoisotopic (exact) mass is 518 g/mol. The van der Waals surface area contributed by atoms with Crippen molar-refractivity contribution in [1.29, 1.82) is 0 Å². The van der Waals surface area contributed by atoms with Crippen molar-refractivity contribution in [2.45, 2.75) is 25.9 Å². The summed E-state index contributed by atoms with van der Waals surface area (Å²) in [5.74, 6) is 0.875. The minimum atomic E-state index is -4.13. The molecule has 27 heavy (non-hydrogen) atoms. The van der Waals surface area contributed by atoms with Crippen molar-refractivity contribution < 1.29 is 13.2 Å². The summed E-state index contributed by atoms with van der Waals surface area (Å²) in [5, 5.41) is 7.16. The Morgan fingerprint density at radius 2 is 1.96 bits per heavy atom. The van der Waals surface area contributed by atoms with E-state index in [1.165, 1.54) is 10.5 Å². The van der Waals surface area contributed by atoms with Crippen LogP contribution < -0.4 is 10.6 Å². The van der Waals surface area contributed by atoms with E-state index in [4.69, 9.17) is 11.6 Å². The molecule has 1 aromatic rings. The van der Waals surface area contributed by atoms with Crippen molar-refractivity contribution in [3.05, 3.63) is 34.9 Å². The quantitative estimate of drug-likeness (QED) is 0.326. The molecule has 0 aromatic heterocycles. The summed E-state index contributed by atoms with van der Waals surface area (Å²) in [6, 6.07) is 7.70. The molecule has 0 radical (unpaired) electrons. The molecule has 1 aliphatic rings. The molecule has 2 N–H and O–H groups in total. The van der Waals surface area contributed by atoms with Crippen LogP contribution in [0.15, 0.2) is 29.3 Å². The van der Waals surface area contributed by atoms with E-state index in [1.807, 2.05) is 31.2 Å². The summed E-state index contributed by atoms with van der Waals surface area (Å²) in [6.07, 6.45) is -2.54. The normalized spacial score (nSPS) is 18.3. The Bertz CT molecular complexity index is 581. The van der Waals surface area contributed by atoms with Gasteiger partial charge in [-0.15, -0.1) is 24.0 Å². The molecule has 154 valence electrons. The molecular weight excluding hydrogens is 492 g/mol. The third-order valence-corrected chi connectivity index (χ3v) is 4.50. The van der Waals surface area contributed by atoms with Gasteiger partial charge in [-0.25, -0.2) is 0 Å². The predicted octanol–water partition coefficient (Wildman–Crippen LogP) is 3.94. The van der Waals surface area contributed by atoms with E-state index in [2.05, 4.69) is 15.6 Å². The summed E-state index contributed by atoms with van der Waals surface area (Å²) in [4.78, 5) is 6.00. The summed E-state index contributed by atoms with van der Waals surface area (Å²) in [5.41, 5.74) is 1.18. The maximum absolute atomic E-state index is 12.5. The summed E-state index contributed by atoms with van der Waals surface area (Å²) in [7, 11) is 0. The number of nitrogens with zero attached hydrogens (tertiary/aromatic N) is 2. The molecule has 0 amide bonds. The third-order valence-electron chi connectivity index (χ3n) is 4.24. The molecule has 1 fully saturated rings. The van der Waals surface area contributed by atoms with E-state index in [9.17, 15) is 13.2 Å². The molecule has 0 bridgehead atoms. The number of guanidine groups is 1. The van der Waals surface area contributed by atoms with Gasteiger partial charge in [-0.3, -0.25) is 9.89 Å². The number of benzene rings is 1. The lowest BCUT2D eigenvalue weighted by molar-refractivity contribution is -0.143. The van der Waals surface area contributed by atoms with Crippen LogP contribution >= 0.6 is 35.6 Å². The number of halogens is 5. The highest BCUT2D eigenvalue weighted by molar-refractivity contribution is 14.0. The smallest absolute Gasteiger partial charge is 0.357 e. The van der Waals surface area contributed by atoms with E-state index in [0.29, 0.717) is 30.6 Å². The van der Waals surface area contributed by atoms with Crippen LogP contribution in [0.5, 0.6) is 0 Å². The number of alkyl halides is 3. The molecule has 0 aliphatic carbocycles. The molecule has 1 atom stereocenters. The van der Waals surface area contributed by atoms with Crippen LogP contribution in [-0.4, -0.2) is 56.3 Å². The van der Waals surface area contributed by atoms with Gasteiger partial charge in [-0.05, 0) is 49.9 Å². The SMILES string of the molecule is CCNC(=NCC1CCN(CC(F)(F)F)C1)NCCc1ccc(Cl)cc1.I. The van der Waals surface area contributed by atoms with Crippen molar-refractivity contribution >= 4 is 41.5 Å². The number of nitrogens with one attached hydrogen (secondary N) is 2. The lowest BCUT2D eigenvalue weighted by Gasteiger charge is -2.17. The van der Waals surface area contributed by atoms with E-state index < -0.39 is 12.7 Å². The van der Waals surface area contributed by atoms with E-state index in [-0.39, 0.29) is 29.9 Å². The molecule has 1 saturated heterocycles. The standard InChI is InChI=1S/C18H26ClF3N4.HI/c1-2-23-17(24-9-7-14-3-5-16(19)6-4-14)25-11-15-8-10-26(12-15)13-18(20,21)22;/h3-6,15H,2,7-13H2,1H3,(H2,23,24,25);1H. The van der Waals surface area contributed by atoms with Gasteiger partial charge in [-0.1, -0.05) is 23.7 Å². The van der Waals surface area contributed by atoms with Crippen LogP contribution in [0.2, 0.25) is 5.02 Å². The Labute approximate surface area is 181 Å². The van der Waals surface area contributed by atoms with Gasteiger partial charge in [-0.2, -0.15) is 13.2 Å². The highest BCUT2D eigenvalue weighted by atomic mass is 127. The number of aliphatic imine (C=N–C) groups is 1. The largest absolute Gasteiger partial charge is 0.401 e. The first kappa shape index (κ1) is 24.3. The average molecular weight is 519 g/mol. The number of hydrogen-bond acceptors (Lipinski definition) is 2. The third kappa shape index (κ3) is 9.84. The molecule has 0 spiro atoms. The molecule has 0 saturated carbocycles. The fraction of sp³-hybridized carbons (Fsp3) is 0.611. The highest BCUT2D eigenvalue weighted by Crippen LogP contribution is 2.22. The topological polar surface area (TPSA) is 39.7 Å². The number of likely N-dealkylation sites (tertiary alicyclic amines) is 1. The Morgan fingerprint density at radius 1 is 1.26 bits per heavy atom. The lowest BCUT2D eigenvalue weighted by atomic mass is 10.1. The summed E-state index contributed by atoms with van der Waals surface area (Å²) in [6.45, 7) is 4.08. The summed E-state index contributed by atoms with van der Waals surface area (Å²) < 4.78 is 37.4. The first-order valence-corrected chi connectivity index (χ1v) is 9.29. The average Bonchev–Trinajstić information content (AvgIpc) is 3.00. The Balaban J connectivity index is 0.00000364. The Hall–Kier alpha value is -0.740. The number of hydrogen-bond donors (Lipinski definition) is 2. The molecule has 2 rings (SSSR count). The highest BCUT2D eigenvalue weighted by Gasteiger charge is 2.34. The first-order valence-electron chi connectivity index (χ1n) is 8.91. The predicted molar refractivity (Wildman–Crippen MR) is 115 cm³/mol. The maximum Gasteiger partial charge on any atom is 0.401 e. The molecule has 1 aliphatic heterocycles. The van der Waals surface area contributed by atoms with Crippen molar-refractivity contribution in [2.75, 3.05) is 39.3 Å². The van der Waals surface area contributed by atoms with Gasteiger partial charge in [0, 0.05) is 31.2 Å². The van der Waals surface area contributed by atoms with Gasteiger partial charge < -0.3 is 10.6 Å². The van der Waals surface area contributed by atoms with Gasteiger partial charge in [0.2, 0.25) is 0 Å². The second-order valence-electron chi connectivity index (χ2n) is 6.53. The molecular formula is C18H27ClF3IN4. The van der Waals surface area contributed by atoms with Gasteiger partial charge >= 0.3 is 6.18 Å². The maximum atomic E-state index is 12.5. The van der Waals surface area contributed by atoms with Crippen LogP contribution in [0.1, 0.15) is 18.9 Å². The second-order valence-corrected chi connectivity index (χ2v) is 6.96. The zero-order chi connectivity index (χ0) is 19.0. The van der Waals surface area contributed by atoms with E-state index in [1.54, 1.807) is 0 Å².